The van der Waals surface area contributed by atoms with E-state index in [0.29, 0.717) is 48.7 Å². The second-order valence-corrected chi connectivity index (χ2v) is 8.86. The first-order valence-corrected chi connectivity index (χ1v) is 10.4. The molecule has 0 saturated carbocycles. The molecule has 1 fully saturated rings. The molecule has 0 unspecified atom stereocenters. The van der Waals surface area contributed by atoms with Crippen LogP contribution in [0.2, 0.25) is 0 Å². The summed E-state index contributed by atoms with van der Waals surface area (Å²) < 4.78 is 29.4. The van der Waals surface area contributed by atoms with Gasteiger partial charge in [0.2, 0.25) is 10.0 Å². The normalized spacial score (nSPS) is 16.6. The summed E-state index contributed by atoms with van der Waals surface area (Å²) in [4.78, 5) is 14.9. The standard InChI is InChI=1S/C17H26N6O3S/c1-11-15(12(2)19-18-11)17(24)22-7-6-8-23(10-9-22)27(25,26)16-13(3)20-21(5)14(16)4/h6-10H2,1-5H3,(H,18,19). The number of hydrogen-bond acceptors (Lipinski definition) is 5. The van der Waals surface area contributed by atoms with E-state index < -0.39 is 10.0 Å². The minimum atomic E-state index is -3.65. The van der Waals surface area contributed by atoms with Crippen molar-refractivity contribution in [1.29, 1.82) is 0 Å². The number of nitrogens with zero attached hydrogens (tertiary/aromatic N) is 5. The van der Waals surface area contributed by atoms with Crippen LogP contribution in [0, 0.1) is 27.7 Å². The Bertz CT molecular complexity index is 956. The number of carbonyl (C=O) groups is 1. The van der Waals surface area contributed by atoms with Crippen LogP contribution >= 0.6 is 0 Å². The van der Waals surface area contributed by atoms with E-state index in [-0.39, 0.29) is 17.3 Å². The molecule has 9 nitrogen and oxygen atoms in total. The van der Waals surface area contributed by atoms with Crippen LogP contribution in [0.5, 0.6) is 0 Å². The summed E-state index contributed by atoms with van der Waals surface area (Å²) in [6, 6.07) is 0. The lowest BCUT2D eigenvalue weighted by atomic mass is 10.1. The topological polar surface area (TPSA) is 104 Å². The zero-order valence-corrected chi connectivity index (χ0v) is 17.2. The number of H-pyrrole nitrogens is 1. The molecule has 2 aromatic heterocycles. The molecule has 1 N–H and O–H groups in total. The van der Waals surface area contributed by atoms with Gasteiger partial charge in [0.1, 0.15) is 4.90 Å². The molecule has 0 spiro atoms. The maximum Gasteiger partial charge on any atom is 0.257 e. The van der Waals surface area contributed by atoms with Gasteiger partial charge < -0.3 is 4.90 Å². The van der Waals surface area contributed by atoms with E-state index >= 15 is 0 Å². The average Bonchev–Trinajstić information content (AvgIpc) is 2.93. The molecule has 0 atom stereocenters. The van der Waals surface area contributed by atoms with E-state index in [4.69, 9.17) is 0 Å². The molecule has 148 valence electrons. The Hall–Kier alpha value is -2.20. The molecule has 27 heavy (non-hydrogen) atoms. The van der Waals surface area contributed by atoms with Crippen molar-refractivity contribution in [3.63, 3.8) is 0 Å². The summed E-state index contributed by atoms with van der Waals surface area (Å²) >= 11 is 0. The quantitative estimate of drug-likeness (QED) is 0.833. The highest BCUT2D eigenvalue weighted by Gasteiger charge is 2.33. The largest absolute Gasteiger partial charge is 0.337 e. The fourth-order valence-electron chi connectivity index (χ4n) is 3.62. The maximum atomic E-state index is 13.2. The number of nitrogens with one attached hydrogen (secondary N) is 1. The highest BCUT2D eigenvalue weighted by molar-refractivity contribution is 7.89. The first-order chi connectivity index (χ1) is 12.6. The van der Waals surface area contributed by atoms with Crippen molar-refractivity contribution >= 4 is 15.9 Å². The van der Waals surface area contributed by atoms with Crippen LogP contribution in [-0.2, 0) is 17.1 Å². The highest BCUT2D eigenvalue weighted by Crippen LogP contribution is 2.24. The lowest BCUT2D eigenvalue weighted by molar-refractivity contribution is 0.0763. The van der Waals surface area contributed by atoms with Crippen molar-refractivity contribution in [1.82, 2.24) is 29.2 Å². The molecule has 1 amide bonds. The van der Waals surface area contributed by atoms with Crippen LogP contribution in [-0.4, -0.2) is 69.7 Å². The zero-order chi connectivity index (χ0) is 19.9. The second-order valence-electron chi connectivity index (χ2n) is 6.98. The summed E-state index contributed by atoms with van der Waals surface area (Å²) in [5, 5.41) is 11.1. The fraction of sp³-hybridized carbons (Fsp3) is 0.588. The van der Waals surface area contributed by atoms with Crippen molar-refractivity contribution in [2.75, 3.05) is 26.2 Å². The minimum absolute atomic E-state index is 0.105. The van der Waals surface area contributed by atoms with Crippen molar-refractivity contribution in [2.45, 2.75) is 39.0 Å². The third-order valence-electron chi connectivity index (χ3n) is 5.12. The number of aromatic amines is 1. The van der Waals surface area contributed by atoms with Crippen LogP contribution in [0.1, 0.15) is 39.6 Å². The van der Waals surface area contributed by atoms with E-state index in [1.165, 1.54) is 4.31 Å². The van der Waals surface area contributed by atoms with E-state index in [2.05, 4.69) is 15.3 Å². The molecule has 2 aromatic rings. The Labute approximate surface area is 159 Å². The molecular formula is C17H26N6O3S. The Morgan fingerprint density at radius 1 is 1.04 bits per heavy atom. The molecule has 1 aliphatic heterocycles. The van der Waals surface area contributed by atoms with Crippen molar-refractivity contribution in [3.8, 4) is 0 Å². The Kier molecular flexibility index (Phi) is 5.13. The molecule has 0 radical (unpaired) electrons. The van der Waals surface area contributed by atoms with E-state index in [1.54, 1.807) is 37.4 Å². The smallest absolute Gasteiger partial charge is 0.257 e. The number of aromatic nitrogens is 4. The van der Waals surface area contributed by atoms with Gasteiger partial charge in [-0.1, -0.05) is 0 Å². The molecule has 0 aliphatic carbocycles. The minimum Gasteiger partial charge on any atom is -0.337 e. The predicted octanol–water partition coefficient (Wildman–Crippen LogP) is 0.914. The summed E-state index contributed by atoms with van der Waals surface area (Å²) in [5.41, 5.74) is 3.08. The first kappa shape index (κ1) is 19.6. The molecule has 0 aromatic carbocycles. The van der Waals surface area contributed by atoms with Gasteiger partial charge in [-0.15, -0.1) is 0 Å². The van der Waals surface area contributed by atoms with Gasteiger partial charge in [-0.25, -0.2) is 8.42 Å². The van der Waals surface area contributed by atoms with E-state index in [1.807, 2.05) is 6.92 Å². The molecule has 3 rings (SSSR count). The third kappa shape index (κ3) is 3.39. The number of aryl methyl sites for hydroxylation is 4. The van der Waals surface area contributed by atoms with Gasteiger partial charge in [-0.3, -0.25) is 14.6 Å². The number of hydrogen-bond donors (Lipinski definition) is 1. The maximum absolute atomic E-state index is 13.2. The van der Waals surface area contributed by atoms with Gasteiger partial charge in [-0.05, 0) is 34.1 Å². The zero-order valence-electron chi connectivity index (χ0n) is 16.4. The van der Waals surface area contributed by atoms with Gasteiger partial charge in [0.15, 0.2) is 0 Å². The van der Waals surface area contributed by atoms with Crippen molar-refractivity contribution < 1.29 is 13.2 Å². The summed E-state index contributed by atoms with van der Waals surface area (Å²) in [6.07, 6.45) is 0.583. The van der Waals surface area contributed by atoms with Crippen LogP contribution < -0.4 is 0 Å². The third-order valence-corrected chi connectivity index (χ3v) is 7.28. The second kappa shape index (κ2) is 7.08. The lowest BCUT2D eigenvalue weighted by Gasteiger charge is -2.22. The number of amides is 1. The number of rotatable bonds is 3. The molecule has 10 heteroatoms. The van der Waals surface area contributed by atoms with Crippen molar-refractivity contribution in [2.24, 2.45) is 7.05 Å². The van der Waals surface area contributed by atoms with Crippen molar-refractivity contribution in [3.05, 3.63) is 28.3 Å². The summed E-state index contributed by atoms with van der Waals surface area (Å²) in [6.45, 7) is 8.57. The van der Waals surface area contributed by atoms with Gasteiger partial charge in [-0.2, -0.15) is 14.5 Å². The Morgan fingerprint density at radius 3 is 2.30 bits per heavy atom. The molecule has 1 aliphatic rings. The highest BCUT2D eigenvalue weighted by atomic mass is 32.2. The van der Waals surface area contributed by atoms with Crippen LogP contribution in [0.4, 0.5) is 0 Å². The molecule has 0 bridgehead atoms. The van der Waals surface area contributed by atoms with E-state index in [9.17, 15) is 13.2 Å². The van der Waals surface area contributed by atoms with Gasteiger partial charge >= 0.3 is 0 Å². The molecular weight excluding hydrogens is 368 g/mol. The molecule has 1 saturated heterocycles. The van der Waals surface area contributed by atoms with Gasteiger partial charge in [0.25, 0.3) is 5.91 Å². The average molecular weight is 395 g/mol. The van der Waals surface area contributed by atoms with Crippen LogP contribution in [0.25, 0.3) is 0 Å². The Balaban J connectivity index is 1.81. The van der Waals surface area contributed by atoms with Gasteiger partial charge in [0, 0.05) is 38.9 Å². The SMILES string of the molecule is Cc1n[nH]c(C)c1C(=O)N1CCCN(S(=O)(=O)c2c(C)nn(C)c2C)CC1. The van der Waals surface area contributed by atoms with Crippen LogP contribution in [0.15, 0.2) is 4.90 Å². The number of carbonyl (C=O) groups excluding carboxylic acids is 1. The van der Waals surface area contributed by atoms with Gasteiger partial charge in [0.05, 0.1) is 22.6 Å². The Morgan fingerprint density at radius 2 is 1.74 bits per heavy atom. The number of sulfonamides is 1. The monoisotopic (exact) mass is 394 g/mol. The summed E-state index contributed by atoms with van der Waals surface area (Å²) in [7, 11) is -1.92. The predicted molar refractivity (Wildman–Crippen MR) is 100 cm³/mol. The fourth-order valence-corrected chi connectivity index (χ4v) is 5.49. The first-order valence-electron chi connectivity index (χ1n) is 8.95. The molecule has 3 heterocycles. The summed E-state index contributed by atoms with van der Waals surface area (Å²) in [5.74, 6) is -0.105. The lowest BCUT2D eigenvalue weighted by Crippen LogP contribution is -2.38. The van der Waals surface area contributed by atoms with E-state index in [0.717, 1.165) is 5.69 Å². The van der Waals surface area contributed by atoms with Crippen LogP contribution in [0.3, 0.4) is 0 Å².